The second-order valence-corrected chi connectivity index (χ2v) is 10.3. The predicted octanol–water partition coefficient (Wildman–Crippen LogP) is 5.12. The number of aromatic nitrogens is 1. The number of nitrogens with zero attached hydrogens (tertiary/aromatic N) is 1. The minimum Gasteiger partial charge on any atom is -0.748 e. The lowest BCUT2D eigenvalue weighted by Crippen LogP contribution is -2.34. The first-order chi connectivity index (χ1) is 15.4. The molecule has 0 radical (unpaired) electrons. The normalized spacial score (nSPS) is 11.6. The van der Waals surface area contributed by atoms with Crippen LogP contribution in [0.1, 0.15) is 114 Å². The molecule has 0 spiro atoms. The van der Waals surface area contributed by atoms with Crippen molar-refractivity contribution in [3.63, 3.8) is 0 Å². The van der Waals surface area contributed by atoms with Gasteiger partial charge in [0.25, 0.3) is 5.91 Å². The van der Waals surface area contributed by atoms with Gasteiger partial charge in [-0.3, -0.25) is 4.79 Å². The second-order valence-electron chi connectivity index (χ2n) is 8.79. The van der Waals surface area contributed by atoms with Gasteiger partial charge in [0, 0.05) is 30.9 Å². The van der Waals surface area contributed by atoms with Crippen LogP contribution in [-0.4, -0.2) is 31.2 Å². The molecule has 0 saturated heterocycles. The molecule has 1 rings (SSSR count). The molecule has 1 amide bonds. The molecule has 0 saturated carbocycles. The van der Waals surface area contributed by atoms with Crippen LogP contribution in [0.5, 0.6) is 0 Å². The summed E-state index contributed by atoms with van der Waals surface area (Å²) in [5, 5.41) is 2.96. The molecule has 1 aromatic rings. The van der Waals surface area contributed by atoms with Gasteiger partial charge in [0.15, 0.2) is 12.4 Å². The Balaban J connectivity index is 1.97. The summed E-state index contributed by atoms with van der Waals surface area (Å²) in [7, 11) is -4.17. The van der Waals surface area contributed by atoms with Crippen molar-refractivity contribution in [2.24, 2.45) is 0 Å². The Morgan fingerprint density at radius 1 is 0.812 bits per heavy atom. The Bertz CT molecular complexity index is 705. The zero-order valence-corrected chi connectivity index (χ0v) is 20.8. The van der Waals surface area contributed by atoms with Crippen LogP contribution >= 0.6 is 0 Å². The number of hydrogen-bond donors (Lipinski definition) is 1. The summed E-state index contributed by atoms with van der Waals surface area (Å²) in [5.74, 6) is -0.462. The molecule has 1 aromatic heterocycles. The third-order valence-electron chi connectivity index (χ3n) is 5.78. The van der Waals surface area contributed by atoms with Gasteiger partial charge in [-0.05, 0) is 6.42 Å². The molecule has 0 aliphatic rings. The molecule has 32 heavy (non-hydrogen) atoms. The zero-order valence-electron chi connectivity index (χ0n) is 20.0. The van der Waals surface area contributed by atoms with Gasteiger partial charge < -0.3 is 9.87 Å². The van der Waals surface area contributed by atoms with Crippen molar-refractivity contribution in [3.8, 4) is 0 Å². The second kappa shape index (κ2) is 18.0. The van der Waals surface area contributed by atoms with Gasteiger partial charge in [0.1, 0.15) is 6.54 Å². The molecular weight excluding hydrogens is 424 g/mol. The summed E-state index contributed by atoms with van der Waals surface area (Å²) in [6.45, 7) is 3.38. The van der Waals surface area contributed by atoms with Gasteiger partial charge in [0.05, 0.1) is 15.7 Å². The smallest absolute Gasteiger partial charge is 0.251 e. The van der Waals surface area contributed by atoms with Crippen LogP contribution in [0.3, 0.4) is 0 Å². The number of rotatable bonds is 20. The van der Waals surface area contributed by atoms with Crippen molar-refractivity contribution in [2.45, 2.75) is 110 Å². The van der Waals surface area contributed by atoms with Crippen LogP contribution in [0.4, 0.5) is 0 Å². The molecule has 7 heteroatoms. The fraction of sp³-hybridized carbons (Fsp3) is 0.760. The van der Waals surface area contributed by atoms with E-state index in [0.717, 1.165) is 12.8 Å². The molecule has 0 fully saturated rings. The van der Waals surface area contributed by atoms with Crippen LogP contribution in [-0.2, 0) is 16.7 Å². The van der Waals surface area contributed by atoms with Gasteiger partial charge in [-0.2, -0.15) is 0 Å². The molecule has 0 unspecified atom stereocenters. The SMILES string of the molecule is CCCCCCCCCCCCCCCCNC(=O)c1cc[n+](CCCS(=O)(=O)[O-])cc1. The number of amides is 1. The van der Waals surface area contributed by atoms with Crippen molar-refractivity contribution in [1.82, 2.24) is 5.32 Å². The summed E-state index contributed by atoms with van der Waals surface area (Å²) in [6.07, 6.45) is 22.2. The first-order valence-corrected chi connectivity index (χ1v) is 14.2. The van der Waals surface area contributed by atoms with Crippen LogP contribution < -0.4 is 9.88 Å². The molecule has 184 valence electrons. The molecule has 0 aliphatic carbocycles. The molecule has 0 aromatic carbocycles. The Kier molecular flexibility index (Phi) is 16.1. The highest BCUT2D eigenvalue weighted by Crippen LogP contribution is 2.12. The Morgan fingerprint density at radius 2 is 1.28 bits per heavy atom. The van der Waals surface area contributed by atoms with Crippen molar-refractivity contribution in [2.75, 3.05) is 12.3 Å². The number of carbonyl (C=O) groups excluding carboxylic acids is 1. The standard InChI is InChI=1S/C25H44N2O4S/c1-2-3-4-5-6-7-8-9-10-11-12-13-14-15-19-26-25(28)24-17-21-27(22-18-24)20-16-23-32(29,30)31/h17-18,21-22H,2-16,19-20,23H2,1H3,(H-,26,28,29,30,31). The van der Waals surface area contributed by atoms with Crippen LogP contribution in [0.2, 0.25) is 0 Å². The first kappa shape index (κ1) is 28.6. The molecular formula is C25H44N2O4S. The third kappa shape index (κ3) is 16.2. The number of nitrogens with one attached hydrogen (secondary N) is 1. The molecule has 0 bridgehead atoms. The van der Waals surface area contributed by atoms with E-state index in [1.165, 1.54) is 77.0 Å². The van der Waals surface area contributed by atoms with Crippen molar-refractivity contribution < 1.29 is 22.3 Å². The molecule has 6 nitrogen and oxygen atoms in total. The molecule has 0 aliphatic heterocycles. The van der Waals surface area contributed by atoms with Gasteiger partial charge in [-0.25, -0.2) is 13.0 Å². The highest BCUT2D eigenvalue weighted by Gasteiger charge is 2.08. The summed E-state index contributed by atoms with van der Waals surface area (Å²) >= 11 is 0. The van der Waals surface area contributed by atoms with E-state index >= 15 is 0 Å². The molecule has 1 heterocycles. The van der Waals surface area contributed by atoms with Crippen molar-refractivity contribution in [1.29, 1.82) is 0 Å². The van der Waals surface area contributed by atoms with E-state index in [1.807, 2.05) is 0 Å². The maximum atomic E-state index is 12.2. The van der Waals surface area contributed by atoms with E-state index in [4.69, 9.17) is 0 Å². The van der Waals surface area contributed by atoms with Crippen molar-refractivity contribution in [3.05, 3.63) is 30.1 Å². The van der Waals surface area contributed by atoms with Crippen molar-refractivity contribution >= 4 is 16.0 Å². The quantitative estimate of drug-likeness (QED) is 0.163. The Morgan fingerprint density at radius 3 is 1.75 bits per heavy atom. The lowest BCUT2D eigenvalue weighted by Gasteiger charge is -2.06. The topological polar surface area (TPSA) is 90.2 Å². The summed E-state index contributed by atoms with van der Waals surface area (Å²) in [6, 6.07) is 3.43. The summed E-state index contributed by atoms with van der Waals surface area (Å²) in [5.41, 5.74) is 0.586. The van der Waals surface area contributed by atoms with E-state index in [0.29, 0.717) is 18.7 Å². The number of pyridine rings is 1. The summed E-state index contributed by atoms with van der Waals surface area (Å²) in [4.78, 5) is 12.2. The van der Waals surface area contributed by atoms with Gasteiger partial charge in [-0.15, -0.1) is 0 Å². The van der Waals surface area contributed by atoms with Gasteiger partial charge >= 0.3 is 0 Å². The lowest BCUT2D eigenvalue weighted by molar-refractivity contribution is -0.696. The third-order valence-corrected chi connectivity index (χ3v) is 6.57. The zero-order chi connectivity index (χ0) is 23.5. The predicted molar refractivity (Wildman–Crippen MR) is 128 cm³/mol. The average molecular weight is 469 g/mol. The largest absolute Gasteiger partial charge is 0.748 e. The lowest BCUT2D eigenvalue weighted by atomic mass is 10.0. The maximum absolute atomic E-state index is 12.2. The van der Waals surface area contributed by atoms with Crippen LogP contribution in [0.25, 0.3) is 0 Å². The first-order valence-electron chi connectivity index (χ1n) is 12.6. The molecule has 0 atom stereocenters. The Labute approximate surface area is 195 Å². The number of hydrogen-bond acceptors (Lipinski definition) is 4. The highest BCUT2D eigenvalue weighted by molar-refractivity contribution is 7.85. The van der Waals surface area contributed by atoms with E-state index < -0.39 is 10.1 Å². The maximum Gasteiger partial charge on any atom is 0.251 e. The van der Waals surface area contributed by atoms with Gasteiger partial charge in [-0.1, -0.05) is 90.4 Å². The fourth-order valence-corrected chi connectivity index (χ4v) is 4.29. The minimum absolute atomic E-state index is 0.0889. The van der Waals surface area contributed by atoms with E-state index in [1.54, 1.807) is 29.1 Å². The van der Waals surface area contributed by atoms with Crippen LogP contribution in [0, 0.1) is 0 Å². The minimum atomic E-state index is -4.17. The number of aryl methyl sites for hydroxylation is 1. The van der Waals surface area contributed by atoms with E-state index in [9.17, 15) is 17.8 Å². The van der Waals surface area contributed by atoms with E-state index in [-0.39, 0.29) is 18.1 Å². The average Bonchev–Trinajstić information content (AvgIpc) is 2.76. The summed E-state index contributed by atoms with van der Waals surface area (Å²) < 4.78 is 33.7. The van der Waals surface area contributed by atoms with Gasteiger partial charge in [0.2, 0.25) is 0 Å². The van der Waals surface area contributed by atoms with E-state index in [2.05, 4.69) is 12.2 Å². The molecule has 1 N–H and O–H groups in total. The monoisotopic (exact) mass is 468 g/mol. The fourth-order valence-electron chi connectivity index (χ4n) is 3.81. The highest BCUT2D eigenvalue weighted by atomic mass is 32.2. The number of carbonyl (C=O) groups is 1. The Hall–Kier alpha value is -1.47. The number of unbranched alkanes of at least 4 members (excludes halogenated alkanes) is 13. The van der Waals surface area contributed by atoms with Crippen LogP contribution in [0.15, 0.2) is 24.5 Å².